The fraction of sp³-hybridized carbons (Fsp3) is 0.308. The molecule has 2 aliphatic rings. The molecular weight excluding hydrogens is 485 g/mol. The van der Waals surface area contributed by atoms with Crippen LogP contribution in [0.1, 0.15) is 23.6 Å². The van der Waals surface area contributed by atoms with Crippen molar-refractivity contribution in [2.45, 2.75) is 47.0 Å². The summed E-state index contributed by atoms with van der Waals surface area (Å²) in [6.45, 7) is 13.9. The average molecular weight is 515 g/mol. The SMILES string of the molecule is COc1cccc(N2c3cccc4c3N(c3c(c[c-]c(C)c3C)[Si]4(C)C)[C@@H]2C)c1C.[Ru+]. The van der Waals surface area contributed by atoms with Crippen molar-refractivity contribution in [3.05, 3.63) is 65.2 Å². The third-order valence-electron chi connectivity index (χ3n) is 7.19. The summed E-state index contributed by atoms with van der Waals surface area (Å²) < 4.78 is 5.64. The molecule has 0 aliphatic carbocycles. The summed E-state index contributed by atoms with van der Waals surface area (Å²) >= 11 is 0. The van der Waals surface area contributed by atoms with E-state index in [1.165, 1.54) is 49.8 Å². The van der Waals surface area contributed by atoms with Gasteiger partial charge in [-0.1, -0.05) is 50.8 Å². The Morgan fingerprint density at radius 2 is 1.55 bits per heavy atom. The van der Waals surface area contributed by atoms with Crippen LogP contribution in [0.2, 0.25) is 13.1 Å². The molecule has 161 valence electrons. The number of anilines is 4. The fourth-order valence-electron chi connectivity index (χ4n) is 5.37. The molecule has 5 rings (SSSR count). The number of nitrogens with zero attached hydrogens (tertiary/aromatic N) is 2. The minimum absolute atomic E-state index is 0. The van der Waals surface area contributed by atoms with Gasteiger partial charge in [0.2, 0.25) is 0 Å². The van der Waals surface area contributed by atoms with Gasteiger partial charge in [-0.25, -0.2) is 0 Å². The van der Waals surface area contributed by atoms with Crippen LogP contribution in [-0.4, -0.2) is 21.3 Å². The van der Waals surface area contributed by atoms with E-state index in [0.29, 0.717) is 0 Å². The van der Waals surface area contributed by atoms with Crippen molar-refractivity contribution in [2.75, 3.05) is 16.9 Å². The van der Waals surface area contributed by atoms with Crippen molar-refractivity contribution in [3.63, 3.8) is 0 Å². The van der Waals surface area contributed by atoms with Crippen LogP contribution in [-0.2, 0) is 19.5 Å². The van der Waals surface area contributed by atoms with E-state index in [0.717, 1.165) is 5.75 Å². The summed E-state index contributed by atoms with van der Waals surface area (Å²) in [5.41, 5.74) is 9.07. The number of ether oxygens (including phenoxy) is 1. The van der Waals surface area contributed by atoms with Crippen molar-refractivity contribution in [1.29, 1.82) is 0 Å². The van der Waals surface area contributed by atoms with E-state index in [2.05, 4.69) is 93.1 Å². The number of rotatable bonds is 2. The average Bonchev–Trinajstić information content (AvgIpc) is 3.01. The predicted octanol–water partition coefficient (Wildman–Crippen LogP) is 5.19. The van der Waals surface area contributed by atoms with E-state index < -0.39 is 8.07 Å². The minimum Gasteiger partial charge on any atom is -0.496 e. The summed E-state index contributed by atoms with van der Waals surface area (Å²) in [6, 6.07) is 19.0. The molecule has 2 aliphatic heterocycles. The Labute approximate surface area is 199 Å². The Bertz CT molecular complexity index is 1190. The Morgan fingerprint density at radius 3 is 2.26 bits per heavy atom. The van der Waals surface area contributed by atoms with Gasteiger partial charge in [0.25, 0.3) is 0 Å². The topological polar surface area (TPSA) is 15.7 Å². The zero-order valence-electron chi connectivity index (χ0n) is 19.3. The molecule has 0 aromatic heterocycles. The van der Waals surface area contributed by atoms with Crippen molar-refractivity contribution in [1.82, 2.24) is 0 Å². The second kappa shape index (κ2) is 7.50. The molecule has 0 N–H and O–H groups in total. The molecule has 0 bridgehead atoms. The van der Waals surface area contributed by atoms with E-state index in [9.17, 15) is 0 Å². The fourth-order valence-corrected chi connectivity index (χ4v) is 8.35. The van der Waals surface area contributed by atoms with E-state index in [1.807, 2.05) is 6.07 Å². The van der Waals surface area contributed by atoms with Gasteiger partial charge < -0.3 is 14.5 Å². The largest absolute Gasteiger partial charge is 1.00 e. The number of para-hydroxylation sites is 1. The summed E-state index contributed by atoms with van der Waals surface area (Å²) in [5, 5.41) is 3.00. The first-order valence-electron chi connectivity index (χ1n) is 10.7. The molecule has 3 aromatic rings. The molecule has 0 saturated carbocycles. The molecule has 2 heterocycles. The molecule has 1 radical (unpaired) electrons. The second-order valence-corrected chi connectivity index (χ2v) is 13.4. The van der Waals surface area contributed by atoms with Gasteiger partial charge in [0.15, 0.2) is 0 Å². The molecule has 0 spiro atoms. The van der Waals surface area contributed by atoms with Crippen LogP contribution in [0.5, 0.6) is 5.75 Å². The van der Waals surface area contributed by atoms with Crippen molar-refractivity contribution < 1.29 is 24.2 Å². The minimum atomic E-state index is -1.84. The molecule has 1 atom stereocenters. The first-order chi connectivity index (χ1) is 14.3. The number of methoxy groups -OCH3 is 1. The summed E-state index contributed by atoms with van der Waals surface area (Å²) in [7, 11) is -0.0861. The Hall–Kier alpha value is -2.10. The van der Waals surface area contributed by atoms with Crippen LogP contribution < -0.4 is 24.9 Å². The predicted molar refractivity (Wildman–Crippen MR) is 129 cm³/mol. The standard InChI is InChI=1S/C26H29N2OSi.Ru/c1-16-14-15-24-25(17(16)2)28-19(4)27(20-10-8-12-22(29-5)18(20)3)21-11-9-13-23(26(21)28)30(24,6)7;/h8-13,15,19H,1-7H3;/q-1;+1/t19-;/m1./s1. The van der Waals surface area contributed by atoms with E-state index in [4.69, 9.17) is 4.74 Å². The van der Waals surface area contributed by atoms with Crippen molar-refractivity contribution in [2.24, 2.45) is 0 Å². The third kappa shape index (κ3) is 2.86. The first-order valence-corrected chi connectivity index (χ1v) is 13.7. The number of fused-ring (bicyclic) bond motifs is 2. The van der Waals surface area contributed by atoms with Gasteiger partial charge in [-0.3, -0.25) is 0 Å². The maximum Gasteiger partial charge on any atom is 1.00 e. The molecule has 3 nitrogen and oxygen atoms in total. The number of aryl methyl sites for hydroxylation is 1. The molecule has 31 heavy (non-hydrogen) atoms. The number of hydrogen-bond acceptors (Lipinski definition) is 3. The molecule has 0 saturated heterocycles. The molecule has 0 amide bonds. The molecule has 0 fully saturated rings. The second-order valence-electron chi connectivity index (χ2n) is 9.08. The van der Waals surface area contributed by atoms with Gasteiger partial charge in [-0.2, -0.15) is 17.7 Å². The summed E-state index contributed by atoms with van der Waals surface area (Å²) in [5.74, 6) is 0.933. The number of hydrogen-bond donors (Lipinski definition) is 0. The Balaban J connectivity index is 0.00000231. The Kier molecular flexibility index (Phi) is 5.35. The van der Waals surface area contributed by atoms with Crippen LogP contribution in [0.4, 0.5) is 22.7 Å². The van der Waals surface area contributed by atoms with Crippen LogP contribution in [0.3, 0.4) is 0 Å². The molecule has 5 heteroatoms. The van der Waals surface area contributed by atoms with Crippen LogP contribution in [0.15, 0.2) is 42.5 Å². The zero-order valence-corrected chi connectivity index (χ0v) is 22.0. The maximum absolute atomic E-state index is 5.64. The summed E-state index contributed by atoms with van der Waals surface area (Å²) in [4.78, 5) is 5.06. The van der Waals surface area contributed by atoms with E-state index in [1.54, 1.807) is 7.11 Å². The van der Waals surface area contributed by atoms with E-state index >= 15 is 0 Å². The maximum atomic E-state index is 5.64. The van der Waals surface area contributed by atoms with Crippen LogP contribution >= 0.6 is 0 Å². The normalized spacial score (nSPS) is 17.7. The van der Waals surface area contributed by atoms with Gasteiger partial charge in [0.05, 0.1) is 26.6 Å². The van der Waals surface area contributed by atoms with E-state index in [-0.39, 0.29) is 25.6 Å². The quantitative estimate of drug-likeness (QED) is 0.346. The van der Waals surface area contributed by atoms with Gasteiger partial charge in [0, 0.05) is 11.3 Å². The molecular formula is C26H29N2ORuSi. The molecule has 0 unspecified atom stereocenters. The van der Waals surface area contributed by atoms with Gasteiger partial charge in [-0.15, -0.1) is 10.8 Å². The smallest absolute Gasteiger partial charge is 0.496 e. The van der Waals surface area contributed by atoms with Gasteiger partial charge in [0.1, 0.15) is 11.9 Å². The monoisotopic (exact) mass is 515 g/mol. The number of benzene rings is 3. The van der Waals surface area contributed by atoms with Crippen molar-refractivity contribution >= 4 is 41.2 Å². The zero-order chi connectivity index (χ0) is 21.4. The third-order valence-corrected chi connectivity index (χ3v) is 10.7. The first kappa shape index (κ1) is 22.1. The Morgan fingerprint density at radius 1 is 0.871 bits per heavy atom. The summed E-state index contributed by atoms with van der Waals surface area (Å²) in [6.07, 6.45) is 0.177. The molecule has 3 aromatic carbocycles. The van der Waals surface area contributed by atoms with Crippen molar-refractivity contribution in [3.8, 4) is 5.75 Å². The van der Waals surface area contributed by atoms with Gasteiger partial charge >= 0.3 is 19.5 Å². The van der Waals surface area contributed by atoms with Crippen LogP contribution in [0, 0.1) is 26.8 Å². The van der Waals surface area contributed by atoms with Crippen LogP contribution in [0.25, 0.3) is 0 Å². The van der Waals surface area contributed by atoms with Gasteiger partial charge in [-0.05, 0) is 37.2 Å².